The minimum absolute atomic E-state index is 0.0170. The molecule has 1 aliphatic carbocycles. The quantitative estimate of drug-likeness (QED) is 0.676. The van der Waals surface area contributed by atoms with Gasteiger partial charge in [0.25, 0.3) is 12.3 Å². The van der Waals surface area contributed by atoms with E-state index in [1.165, 1.54) is 7.05 Å². The van der Waals surface area contributed by atoms with E-state index in [1.54, 1.807) is 17.0 Å². The molecule has 3 atom stereocenters. The molecule has 1 saturated heterocycles. The van der Waals surface area contributed by atoms with Gasteiger partial charge < -0.3 is 5.32 Å². The number of ketones is 1. The van der Waals surface area contributed by atoms with Crippen molar-refractivity contribution < 1.29 is 18.4 Å². The van der Waals surface area contributed by atoms with Gasteiger partial charge in [0.2, 0.25) is 0 Å². The molecule has 2 heterocycles. The van der Waals surface area contributed by atoms with Gasteiger partial charge in [-0.05, 0) is 35.4 Å². The van der Waals surface area contributed by atoms with Crippen LogP contribution in [0.3, 0.4) is 0 Å². The summed E-state index contributed by atoms with van der Waals surface area (Å²) in [6.07, 6.45) is -1.39. The summed E-state index contributed by atoms with van der Waals surface area (Å²) >= 11 is 0. The van der Waals surface area contributed by atoms with Crippen LogP contribution in [0.25, 0.3) is 0 Å². The third-order valence-corrected chi connectivity index (χ3v) is 6.15. The number of halogens is 2. The maximum Gasteiger partial charge on any atom is 0.269 e. The predicted octanol–water partition coefficient (Wildman–Crippen LogP) is 3.05. The number of hydrogen-bond donors (Lipinski definition) is 1. The van der Waals surface area contributed by atoms with Gasteiger partial charge in [0.1, 0.15) is 5.69 Å². The van der Waals surface area contributed by atoms with Crippen molar-refractivity contribution in [3.63, 3.8) is 0 Å². The molecule has 158 valence electrons. The van der Waals surface area contributed by atoms with E-state index in [0.717, 1.165) is 5.56 Å². The van der Waals surface area contributed by atoms with Gasteiger partial charge >= 0.3 is 0 Å². The van der Waals surface area contributed by atoms with Crippen LogP contribution in [-0.2, 0) is 6.42 Å². The molecule has 1 saturated carbocycles. The first kappa shape index (κ1) is 20.6. The van der Waals surface area contributed by atoms with E-state index in [4.69, 9.17) is 0 Å². The van der Waals surface area contributed by atoms with Gasteiger partial charge in [0, 0.05) is 44.2 Å². The number of pyridine rings is 1. The lowest BCUT2D eigenvalue weighted by molar-refractivity contribution is 0.0881. The molecule has 5 nitrogen and oxygen atoms in total. The Bertz CT molecular complexity index is 923. The Kier molecular flexibility index (Phi) is 5.90. The van der Waals surface area contributed by atoms with Gasteiger partial charge in [-0.2, -0.15) is 0 Å². The first-order chi connectivity index (χ1) is 14.4. The number of carbonyl (C=O) groups is 2. The SMILES string of the molecule is CNC(=O)c1cc(C(=O)CC2[C@H]3CN(CC(F)F)C[C@@H]23)cc(Cc2ccccc2)n1. The van der Waals surface area contributed by atoms with Crippen molar-refractivity contribution in [2.24, 2.45) is 17.8 Å². The van der Waals surface area contributed by atoms with Crippen LogP contribution >= 0.6 is 0 Å². The van der Waals surface area contributed by atoms with E-state index in [2.05, 4.69) is 10.3 Å². The number of amides is 1. The Morgan fingerprint density at radius 3 is 2.50 bits per heavy atom. The van der Waals surface area contributed by atoms with Gasteiger partial charge in [-0.25, -0.2) is 13.8 Å². The van der Waals surface area contributed by atoms with E-state index in [9.17, 15) is 18.4 Å². The van der Waals surface area contributed by atoms with Crippen LogP contribution in [0.4, 0.5) is 8.78 Å². The van der Waals surface area contributed by atoms with Crippen LogP contribution in [0.15, 0.2) is 42.5 Å². The molecule has 0 spiro atoms. The molecule has 1 unspecified atom stereocenters. The molecule has 2 aliphatic rings. The molecule has 7 heteroatoms. The largest absolute Gasteiger partial charge is 0.354 e. The monoisotopic (exact) mass is 413 g/mol. The summed E-state index contributed by atoms with van der Waals surface area (Å²) in [7, 11) is 1.53. The molecule has 0 bridgehead atoms. The van der Waals surface area contributed by atoms with Crippen LogP contribution in [0, 0.1) is 17.8 Å². The highest BCUT2D eigenvalue weighted by Crippen LogP contribution is 2.53. The minimum atomic E-state index is -2.31. The second kappa shape index (κ2) is 8.60. The molecule has 1 aliphatic heterocycles. The van der Waals surface area contributed by atoms with Crippen molar-refractivity contribution in [2.75, 3.05) is 26.7 Å². The number of rotatable bonds is 8. The average molecular weight is 413 g/mol. The summed E-state index contributed by atoms with van der Waals surface area (Å²) in [6, 6.07) is 13.1. The maximum atomic E-state index is 13.0. The van der Waals surface area contributed by atoms with Gasteiger partial charge in [-0.3, -0.25) is 14.5 Å². The van der Waals surface area contributed by atoms with Crippen LogP contribution in [0.1, 0.15) is 38.5 Å². The number of benzene rings is 1. The lowest BCUT2D eigenvalue weighted by atomic mass is 10.0. The number of nitrogens with one attached hydrogen (secondary N) is 1. The van der Waals surface area contributed by atoms with Crippen molar-refractivity contribution in [3.05, 3.63) is 65.0 Å². The van der Waals surface area contributed by atoms with Crippen molar-refractivity contribution in [1.29, 1.82) is 0 Å². The van der Waals surface area contributed by atoms with Crippen LogP contribution in [-0.4, -0.2) is 54.7 Å². The summed E-state index contributed by atoms with van der Waals surface area (Å²) in [5.41, 5.74) is 2.44. The van der Waals surface area contributed by atoms with E-state index < -0.39 is 6.43 Å². The van der Waals surface area contributed by atoms with Gasteiger partial charge in [-0.15, -0.1) is 0 Å². The predicted molar refractivity (Wildman–Crippen MR) is 109 cm³/mol. The molecule has 30 heavy (non-hydrogen) atoms. The second-order valence-electron chi connectivity index (χ2n) is 8.20. The van der Waals surface area contributed by atoms with Gasteiger partial charge in [0.05, 0.1) is 6.54 Å². The summed E-state index contributed by atoms with van der Waals surface area (Å²) in [5.74, 6) is 0.565. The molecule has 1 amide bonds. The molecule has 1 aromatic heterocycles. The number of nitrogens with zero attached hydrogens (tertiary/aromatic N) is 2. The van der Waals surface area contributed by atoms with Crippen LogP contribution in [0.5, 0.6) is 0 Å². The molecule has 4 rings (SSSR count). The lowest BCUT2D eigenvalue weighted by Crippen LogP contribution is -2.29. The standard InChI is InChI=1S/C23H25F2N3O2/c1-26-23(30)20-9-15(8-16(27-20)7-14-5-3-2-4-6-14)21(29)10-17-18-11-28(12-19(17)18)13-22(24)25/h2-6,8-9,17-19,22H,7,10-13H2,1H3,(H,26,30)/t17?,18-,19+. The van der Waals surface area contributed by atoms with Gasteiger partial charge in [-0.1, -0.05) is 30.3 Å². The normalized spacial score (nSPS) is 22.7. The topological polar surface area (TPSA) is 62.3 Å². The summed E-state index contributed by atoms with van der Waals surface area (Å²) in [5, 5.41) is 2.56. The van der Waals surface area contributed by atoms with E-state index >= 15 is 0 Å². The number of likely N-dealkylation sites (tertiary alicyclic amines) is 1. The first-order valence-corrected chi connectivity index (χ1v) is 10.2. The Morgan fingerprint density at radius 1 is 1.17 bits per heavy atom. The molecular weight excluding hydrogens is 388 g/mol. The molecular formula is C23H25F2N3O2. The van der Waals surface area contributed by atoms with E-state index in [0.29, 0.717) is 49.0 Å². The lowest BCUT2D eigenvalue weighted by Gasteiger charge is -2.18. The smallest absolute Gasteiger partial charge is 0.269 e. The number of aromatic nitrogens is 1. The zero-order valence-electron chi connectivity index (χ0n) is 16.9. The molecule has 0 radical (unpaired) electrons. The summed E-state index contributed by atoms with van der Waals surface area (Å²) in [4.78, 5) is 31.3. The highest BCUT2D eigenvalue weighted by molar-refractivity contribution is 6.00. The number of piperidine rings is 1. The summed E-state index contributed by atoms with van der Waals surface area (Å²) in [6.45, 7) is 1.11. The number of carbonyl (C=O) groups excluding carboxylic acids is 2. The Hall–Kier alpha value is -2.67. The van der Waals surface area contributed by atoms with Crippen LogP contribution in [0.2, 0.25) is 0 Å². The van der Waals surface area contributed by atoms with Crippen molar-refractivity contribution in [3.8, 4) is 0 Å². The minimum Gasteiger partial charge on any atom is -0.354 e. The second-order valence-corrected chi connectivity index (χ2v) is 8.20. The van der Waals surface area contributed by atoms with Crippen molar-refractivity contribution in [2.45, 2.75) is 19.3 Å². The zero-order valence-corrected chi connectivity index (χ0v) is 16.9. The van der Waals surface area contributed by atoms with Gasteiger partial charge in [0.15, 0.2) is 5.78 Å². The Labute approximate surface area is 174 Å². The number of Topliss-reactive ketones (excluding diaryl/α,β-unsaturated/α-hetero) is 1. The Morgan fingerprint density at radius 2 is 1.87 bits per heavy atom. The molecule has 2 aromatic rings. The summed E-state index contributed by atoms with van der Waals surface area (Å²) < 4.78 is 25.1. The molecule has 1 aromatic carbocycles. The van der Waals surface area contributed by atoms with Crippen molar-refractivity contribution >= 4 is 11.7 Å². The first-order valence-electron chi connectivity index (χ1n) is 10.2. The third kappa shape index (κ3) is 4.56. The highest BCUT2D eigenvalue weighted by atomic mass is 19.3. The number of fused-ring (bicyclic) bond motifs is 1. The fourth-order valence-electron chi connectivity index (χ4n) is 4.60. The third-order valence-electron chi connectivity index (χ3n) is 6.15. The van der Waals surface area contributed by atoms with E-state index in [1.807, 2.05) is 30.3 Å². The Balaban J connectivity index is 1.46. The number of alkyl halides is 2. The maximum absolute atomic E-state index is 13.0. The van der Waals surface area contributed by atoms with Crippen LogP contribution < -0.4 is 5.32 Å². The van der Waals surface area contributed by atoms with Crippen molar-refractivity contribution in [1.82, 2.24) is 15.2 Å². The fourth-order valence-corrected chi connectivity index (χ4v) is 4.60. The fraction of sp³-hybridized carbons (Fsp3) is 0.435. The number of hydrogen-bond acceptors (Lipinski definition) is 4. The molecule has 2 fully saturated rings. The average Bonchev–Trinajstić information content (AvgIpc) is 3.17. The highest BCUT2D eigenvalue weighted by Gasteiger charge is 2.55. The van der Waals surface area contributed by atoms with E-state index in [-0.39, 0.29) is 29.8 Å². The molecule has 1 N–H and O–H groups in total. The zero-order chi connectivity index (χ0) is 21.3.